The van der Waals surface area contributed by atoms with Crippen LogP contribution in [0.15, 0.2) is 0 Å². The van der Waals surface area contributed by atoms with Gasteiger partial charge in [0, 0.05) is 0 Å². The van der Waals surface area contributed by atoms with E-state index < -0.39 is 10.5 Å². The largest absolute Gasteiger partial charge is 0.414 e. The molecule has 0 rings (SSSR count). The first-order valence-electron chi connectivity index (χ1n) is 2.29. The monoisotopic (exact) mass is 226 g/mol. The Morgan fingerprint density at radius 2 is 1.44 bits per heavy atom. The van der Waals surface area contributed by atoms with E-state index in [1.54, 1.807) is 0 Å². The van der Waals surface area contributed by atoms with Crippen LogP contribution < -0.4 is 0 Å². The van der Waals surface area contributed by atoms with Gasteiger partial charge in [0.2, 0.25) is 0 Å². The second-order valence-corrected chi connectivity index (χ2v) is 2.72. The van der Waals surface area contributed by atoms with Gasteiger partial charge in [0.15, 0.2) is 4.29 Å². The highest BCUT2D eigenvalue weighted by molar-refractivity contribution is 9.10. The number of alkyl halides is 5. The molecule has 1 unspecified atom stereocenters. The van der Waals surface area contributed by atoms with Gasteiger partial charge in [-0.1, -0.05) is 29.8 Å². The molecule has 0 heterocycles. The van der Waals surface area contributed by atoms with Crippen molar-refractivity contribution in [3.63, 3.8) is 0 Å². The fourth-order valence-electron chi connectivity index (χ4n) is 0. The van der Waals surface area contributed by atoms with Crippen LogP contribution in [-0.4, -0.2) is 10.5 Å². The normalized spacial score (nSPS) is 13.7. The maximum absolute atomic E-state index is 11.0. The zero-order valence-corrected chi connectivity index (χ0v) is 7.31. The van der Waals surface area contributed by atoms with E-state index in [0.717, 1.165) is 0 Å². The molecule has 0 bridgehead atoms. The van der Waals surface area contributed by atoms with E-state index in [0.29, 0.717) is 0 Å². The Morgan fingerprint density at radius 3 is 1.44 bits per heavy atom. The number of hydrogen-bond donors (Lipinski definition) is 0. The first-order valence-corrected chi connectivity index (χ1v) is 3.64. The maximum atomic E-state index is 11.0. The van der Waals surface area contributed by atoms with Crippen LogP contribution in [0.3, 0.4) is 0 Å². The molecule has 0 N–H and O–H groups in total. The minimum Gasteiger partial charge on any atom is -0.168 e. The van der Waals surface area contributed by atoms with Gasteiger partial charge in [-0.05, 0) is 0 Å². The number of hydrogen-bond acceptors (Lipinski definition) is 0. The topological polar surface area (TPSA) is 0 Å². The summed E-state index contributed by atoms with van der Waals surface area (Å²) in [6, 6.07) is 0. The molecular weight excluding hydrogens is 220 g/mol. The van der Waals surface area contributed by atoms with Crippen LogP contribution in [0.4, 0.5) is 13.2 Å². The third-order valence-corrected chi connectivity index (χ3v) is 1.01. The third-order valence-electron chi connectivity index (χ3n) is 0.247. The SMILES string of the molecule is CC.FC(F)(F)C(Cl)Br. The smallest absolute Gasteiger partial charge is 0.168 e. The van der Waals surface area contributed by atoms with Crippen LogP contribution in [0, 0.1) is 0 Å². The van der Waals surface area contributed by atoms with Gasteiger partial charge in [0.25, 0.3) is 0 Å². The van der Waals surface area contributed by atoms with Crippen molar-refractivity contribution in [3.8, 4) is 0 Å². The molecule has 58 valence electrons. The van der Waals surface area contributed by atoms with Gasteiger partial charge < -0.3 is 0 Å². The molecule has 0 aliphatic rings. The number of halogens is 5. The van der Waals surface area contributed by atoms with E-state index >= 15 is 0 Å². The minimum absolute atomic E-state index is 1.92. The van der Waals surface area contributed by atoms with Crippen molar-refractivity contribution >= 4 is 27.5 Å². The Kier molecular flexibility index (Phi) is 7.29. The highest BCUT2D eigenvalue weighted by atomic mass is 79.9. The van der Waals surface area contributed by atoms with Gasteiger partial charge in [0.1, 0.15) is 0 Å². The van der Waals surface area contributed by atoms with Gasteiger partial charge in [-0.2, -0.15) is 13.2 Å². The third kappa shape index (κ3) is 8.56. The lowest BCUT2D eigenvalue weighted by Gasteiger charge is -2.03. The van der Waals surface area contributed by atoms with Crippen molar-refractivity contribution in [1.82, 2.24) is 0 Å². The summed E-state index contributed by atoms with van der Waals surface area (Å²) in [6.45, 7) is 4.00. The summed E-state index contributed by atoms with van der Waals surface area (Å²) in [6.07, 6.45) is -4.32. The molecular formula is C4H7BrClF3. The van der Waals surface area contributed by atoms with Crippen molar-refractivity contribution in [2.75, 3.05) is 0 Å². The quantitative estimate of drug-likeness (QED) is 0.555. The first-order chi connectivity index (χ1) is 3.94. The van der Waals surface area contributed by atoms with E-state index in [2.05, 4.69) is 27.5 Å². The zero-order chi connectivity index (χ0) is 8.08. The van der Waals surface area contributed by atoms with E-state index in [9.17, 15) is 13.2 Å². The molecule has 1 atom stereocenters. The van der Waals surface area contributed by atoms with Gasteiger partial charge in [-0.25, -0.2) is 0 Å². The van der Waals surface area contributed by atoms with Crippen molar-refractivity contribution < 1.29 is 13.2 Å². The maximum Gasteiger partial charge on any atom is 0.414 e. The summed E-state index contributed by atoms with van der Waals surface area (Å²) in [4.78, 5) is 0. The molecule has 9 heavy (non-hydrogen) atoms. The fraction of sp³-hybridized carbons (Fsp3) is 1.00. The molecule has 0 aromatic heterocycles. The summed E-state index contributed by atoms with van der Waals surface area (Å²) < 4.78 is 31.1. The Labute approximate surface area is 65.5 Å². The Balaban J connectivity index is 0. The molecule has 0 nitrogen and oxygen atoms in total. The lowest BCUT2D eigenvalue weighted by molar-refractivity contribution is -0.112. The Hall–Kier alpha value is 0.560. The predicted molar refractivity (Wildman–Crippen MR) is 36.0 cm³/mol. The minimum atomic E-state index is -4.32. The van der Waals surface area contributed by atoms with Gasteiger partial charge in [0.05, 0.1) is 0 Å². The van der Waals surface area contributed by atoms with Crippen LogP contribution in [0.1, 0.15) is 13.8 Å². The van der Waals surface area contributed by atoms with Crippen LogP contribution >= 0.6 is 27.5 Å². The van der Waals surface area contributed by atoms with Crippen molar-refractivity contribution in [2.24, 2.45) is 0 Å². The van der Waals surface area contributed by atoms with Crippen LogP contribution in [0.2, 0.25) is 0 Å². The summed E-state index contributed by atoms with van der Waals surface area (Å²) in [5, 5.41) is 0. The molecule has 0 saturated heterocycles. The highest BCUT2D eigenvalue weighted by Crippen LogP contribution is 2.28. The molecule has 0 aromatic carbocycles. The standard InChI is InChI=1S/C2HBrClF3.C2H6/c3-1(4)2(5,6)7;1-2/h1H;1-2H3. The molecule has 0 spiro atoms. The van der Waals surface area contributed by atoms with E-state index in [1.807, 2.05) is 13.8 Å². The molecule has 0 radical (unpaired) electrons. The molecule has 5 heteroatoms. The van der Waals surface area contributed by atoms with Crippen LogP contribution in [0.25, 0.3) is 0 Å². The summed E-state index contributed by atoms with van der Waals surface area (Å²) in [7, 11) is 0. The molecule has 0 aliphatic carbocycles. The summed E-state index contributed by atoms with van der Waals surface area (Å²) in [5.41, 5.74) is 0. The summed E-state index contributed by atoms with van der Waals surface area (Å²) in [5.74, 6) is 0. The van der Waals surface area contributed by atoms with E-state index in [4.69, 9.17) is 0 Å². The van der Waals surface area contributed by atoms with Crippen LogP contribution in [0.5, 0.6) is 0 Å². The van der Waals surface area contributed by atoms with Crippen molar-refractivity contribution in [1.29, 1.82) is 0 Å². The average Bonchev–Trinajstić information content (AvgIpc) is 1.69. The predicted octanol–water partition coefficient (Wildman–Crippen LogP) is 3.53. The molecule has 0 amide bonds. The van der Waals surface area contributed by atoms with Gasteiger partial charge >= 0.3 is 6.18 Å². The summed E-state index contributed by atoms with van der Waals surface area (Å²) >= 11 is 6.68. The molecule has 0 aromatic rings. The lowest BCUT2D eigenvalue weighted by Crippen LogP contribution is -2.16. The van der Waals surface area contributed by atoms with Crippen LogP contribution in [-0.2, 0) is 0 Å². The molecule has 0 aliphatic heterocycles. The van der Waals surface area contributed by atoms with Gasteiger partial charge in [-0.15, -0.1) is 11.6 Å². The Morgan fingerprint density at radius 1 is 1.33 bits per heavy atom. The molecule has 0 saturated carbocycles. The van der Waals surface area contributed by atoms with Gasteiger partial charge in [-0.3, -0.25) is 0 Å². The molecule has 0 fully saturated rings. The Bertz CT molecular complexity index is 61.3. The zero-order valence-electron chi connectivity index (χ0n) is 4.97. The van der Waals surface area contributed by atoms with Crippen molar-refractivity contribution in [3.05, 3.63) is 0 Å². The second kappa shape index (κ2) is 5.35. The highest BCUT2D eigenvalue weighted by Gasteiger charge is 2.35. The van der Waals surface area contributed by atoms with Crippen molar-refractivity contribution in [2.45, 2.75) is 24.3 Å². The second-order valence-electron chi connectivity index (χ2n) is 0.842. The average molecular weight is 227 g/mol. The fourth-order valence-corrected chi connectivity index (χ4v) is 0. The number of rotatable bonds is 0. The first kappa shape index (κ1) is 12.3. The van der Waals surface area contributed by atoms with E-state index in [-0.39, 0.29) is 0 Å². The van der Waals surface area contributed by atoms with E-state index in [1.165, 1.54) is 0 Å². The lowest BCUT2D eigenvalue weighted by atomic mass is 10.8.